The Kier molecular flexibility index (Phi) is 3.01. The number of rotatable bonds is 2. The molecule has 5 heteroatoms. The molecule has 0 aliphatic carbocycles. The average molecular weight is 207 g/mol. The Bertz CT molecular complexity index is 316. The molecular weight excluding hydrogens is 201 g/mol. The molecule has 1 aromatic carbocycles. The lowest BCUT2D eigenvalue weighted by Gasteiger charge is -2.00. The minimum absolute atomic E-state index is 0.0571. The molecule has 0 radical (unpaired) electrons. The number of benzene rings is 1. The van der Waals surface area contributed by atoms with Crippen LogP contribution in [0.15, 0.2) is 18.2 Å². The van der Waals surface area contributed by atoms with Crippen molar-refractivity contribution < 1.29 is 13.7 Å². The quantitative estimate of drug-likeness (QED) is 0.549. The fourth-order valence-electron chi connectivity index (χ4n) is 0.719. The third-order valence-electron chi connectivity index (χ3n) is 1.29. The van der Waals surface area contributed by atoms with E-state index in [0.717, 1.165) is 6.07 Å². The summed E-state index contributed by atoms with van der Waals surface area (Å²) < 4.78 is 17.4. The summed E-state index contributed by atoms with van der Waals surface area (Å²) in [6, 6.07) is 3.74. The van der Waals surface area contributed by atoms with E-state index in [1.807, 2.05) is 9.47 Å². The largest absolute Gasteiger partial charge is 0.477 e. The molecule has 0 N–H and O–H groups in total. The van der Waals surface area contributed by atoms with Crippen LogP contribution in [-0.4, -0.2) is 5.24 Å². The Morgan fingerprint density at radius 2 is 2.25 bits per heavy atom. The van der Waals surface area contributed by atoms with Gasteiger partial charge in [-0.15, -0.1) is 0 Å². The van der Waals surface area contributed by atoms with Crippen molar-refractivity contribution >= 4 is 26.3 Å². The zero-order valence-electron chi connectivity index (χ0n) is 5.88. The molecule has 0 aromatic heterocycles. The fraction of sp³-hybridized carbons (Fsp3) is 0. The van der Waals surface area contributed by atoms with Gasteiger partial charge in [-0.3, -0.25) is 4.79 Å². The molecule has 0 bridgehead atoms. The van der Waals surface area contributed by atoms with Crippen molar-refractivity contribution in [3.8, 4) is 5.75 Å². The van der Waals surface area contributed by atoms with E-state index >= 15 is 0 Å². The van der Waals surface area contributed by atoms with Crippen LogP contribution in [0.1, 0.15) is 10.4 Å². The van der Waals surface area contributed by atoms with Gasteiger partial charge in [-0.25, -0.2) is 4.39 Å². The van der Waals surface area contributed by atoms with E-state index in [9.17, 15) is 9.18 Å². The summed E-state index contributed by atoms with van der Waals surface area (Å²) >= 11 is 5.12. The molecular formula is C7H5ClFO2P. The molecule has 0 heterocycles. The van der Waals surface area contributed by atoms with Gasteiger partial charge in [-0.1, -0.05) is 0 Å². The molecule has 1 rings (SSSR count). The van der Waals surface area contributed by atoms with Crippen LogP contribution in [0.5, 0.6) is 5.75 Å². The molecule has 1 aromatic rings. The van der Waals surface area contributed by atoms with Crippen LogP contribution in [-0.2, 0) is 0 Å². The lowest BCUT2D eigenvalue weighted by molar-refractivity contribution is 0.108. The highest BCUT2D eigenvalue weighted by Crippen LogP contribution is 2.20. The highest BCUT2D eigenvalue weighted by Gasteiger charge is 2.06. The van der Waals surface area contributed by atoms with Gasteiger partial charge in [0.2, 0.25) is 0 Å². The van der Waals surface area contributed by atoms with Crippen molar-refractivity contribution in [2.45, 2.75) is 0 Å². The number of carbonyl (C=O) groups is 1. The molecule has 0 amide bonds. The molecule has 0 fully saturated rings. The normalized spacial score (nSPS) is 9.58. The maximum absolute atomic E-state index is 12.9. The minimum atomic E-state index is -0.691. The van der Waals surface area contributed by atoms with E-state index in [1.165, 1.54) is 12.1 Å². The minimum Gasteiger partial charge on any atom is -0.477 e. The number of carbonyl (C=O) groups excluding carboxylic acids is 1. The second kappa shape index (κ2) is 3.83. The summed E-state index contributed by atoms with van der Waals surface area (Å²) in [6.45, 7) is 0. The first-order valence-electron chi connectivity index (χ1n) is 3.01. The topological polar surface area (TPSA) is 26.3 Å². The first-order valence-corrected chi connectivity index (χ1v) is 3.86. The Balaban J connectivity index is 3.10. The molecule has 0 aliphatic rings. The van der Waals surface area contributed by atoms with Crippen molar-refractivity contribution in [1.82, 2.24) is 0 Å². The van der Waals surface area contributed by atoms with Crippen LogP contribution >= 0.6 is 21.1 Å². The van der Waals surface area contributed by atoms with Gasteiger partial charge in [-0.2, -0.15) is 0 Å². The summed E-state index contributed by atoms with van der Waals surface area (Å²) in [5, 5.41) is -0.691. The van der Waals surface area contributed by atoms with E-state index < -0.39 is 11.1 Å². The smallest absolute Gasteiger partial charge is 0.252 e. The first kappa shape index (κ1) is 9.43. The summed E-state index contributed by atoms with van der Waals surface area (Å²) in [5.41, 5.74) is 0.111. The standard InChI is InChI=1S/C7H5ClFO2P/c8-7(10)4-1-2-6(11-12)5(9)3-4/h1-3H,12H2. The van der Waals surface area contributed by atoms with Crippen molar-refractivity contribution in [3.05, 3.63) is 29.6 Å². The van der Waals surface area contributed by atoms with Crippen LogP contribution in [0, 0.1) is 5.82 Å². The third kappa shape index (κ3) is 1.93. The molecule has 12 heavy (non-hydrogen) atoms. The van der Waals surface area contributed by atoms with E-state index in [4.69, 9.17) is 11.6 Å². The molecule has 2 nitrogen and oxygen atoms in total. The van der Waals surface area contributed by atoms with Crippen molar-refractivity contribution in [1.29, 1.82) is 0 Å². The van der Waals surface area contributed by atoms with Crippen LogP contribution in [0.2, 0.25) is 0 Å². The second-order valence-electron chi connectivity index (χ2n) is 2.04. The van der Waals surface area contributed by atoms with E-state index in [-0.39, 0.29) is 11.3 Å². The van der Waals surface area contributed by atoms with Crippen LogP contribution < -0.4 is 4.52 Å². The Morgan fingerprint density at radius 3 is 2.67 bits per heavy atom. The summed E-state index contributed by atoms with van der Waals surface area (Å²) in [5.74, 6) is -0.557. The summed E-state index contributed by atoms with van der Waals surface area (Å²) in [7, 11) is 1.91. The van der Waals surface area contributed by atoms with Crippen LogP contribution in [0.25, 0.3) is 0 Å². The lowest BCUT2D eigenvalue weighted by Crippen LogP contribution is -1.90. The Labute approximate surface area is 76.0 Å². The summed E-state index contributed by atoms with van der Waals surface area (Å²) in [6.07, 6.45) is 0. The van der Waals surface area contributed by atoms with Gasteiger partial charge in [0.05, 0.1) is 9.47 Å². The third-order valence-corrected chi connectivity index (χ3v) is 1.76. The molecule has 0 aliphatic heterocycles. The zero-order chi connectivity index (χ0) is 9.14. The maximum Gasteiger partial charge on any atom is 0.252 e. The molecule has 0 spiro atoms. The molecule has 1 atom stereocenters. The van der Waals surface area contributed by atoms with Gasteiger partial charge in [-0.05, 0) is 29.8 Å². The lowest BCUT2D eigenvalue weighted by atomic mass is 10.2. The molecule has 64 valence electrons. The fourth-order valence-corrected chi connectivity index (χ4v) is 1.03. The SMILES string of the molecule is O=C(Cl)c1ccc(OP)c(F)c1. The van der Waals surface area contributed by atoms with Gasteiger partial charge in [0.1, 0.15) is 0 Å². The monoisotopic (exact) mass is 206 g/mol. The predicted molar refractivity (Wildman–Crippen MR) is 46.9 cm³/mol. The van der Waals surface area contributed by atoms with Crippen LogP contribution in [0.4, 0.5) is 4.39 Å². The molecule has 1 unspecified atom stereocenters. The maximum atomic E-state index is 12.9. The van der Waals surface area contributed by atoms with Crippen molar-refractivity contribution in [2.75, 3.05) is 0 Å². The van der Waals surface area contributed by atoms with Gasteiger partial charge >= 0.3 is 0 Å². The number of hydrogen-bond donors (Lipinski definition) is 0. The molecule has 0 saturated carbocycles. The van der Waals surface area contributed by atoms with Gasteiger partial charge in [0.25, 0.3) is 5.24 Å². The van der Waals surface area contributed by atoms with Crippen LogP contribution in [0.3, 0.4) is 0 Å². The predicted octanol–water partition coefficient (Wildman–Crippen LogP) is 2.37. The second-order valence-corrected chi connectivity index (χ2v) is 2.62. The molecule has 0 saturated heterocycles. The first-order chi connectivity index (χ1) is 5.65. The van der Waals surface area contributed by atoms with E-state index in [0.29, 0.717) is 0 Å². The van der Waals surface area contributed by atoms with E-state index in [2.05, 4.69) is 4.52 Å². The van der Waals surface area contributed by atoms with Gasteiger partial charge in [0, 0.05) is 5.56 Å². The van der Waals surface area contributed by atoms with Gasteiger partial charge < -0.3 is 4.52 Å². The number of hydrogen-bond acceptors (Lipinski definition) is 2. The van der Waals surface area contributed by atoms with Crippen molar-refractivity contribution in [3.63, 3.8) is 0 Å². The summed E-state index contributed by atoms with van der Waals surface area (Å²) in [4.78, 5) is 10.5. The highest BCUT2D eigenvalue weighted by atomic mass is 35.5. The highest BCUT2D eigenvalue weighted by molar-refractivity contribution is 7.10. The Hall–Kier alpha value is -0.660. The number of halogens is 2. The zero-order valence-corrected chi connectivity index (χ0v) is 7.79. The van der Waals surface area contributed by atoms with E-state index in [1.54, 1.807) is 0 Å². The average Bonchev–Trinajstić information content (AvgIpc) is 2.04. The van der Waals surface area contributed by atoms with Gasteiger partial charge in [0.15, 0.2) is 11.6 Å². The van der Waals surface area contributed by atoms with Crippen molar-refractivity contribution in [2.24, 2.45) is 0 Å². The Morgan fingerprint density at radius 1 is 1.58 bits per heavy atom.